The quantitative estimate of drug-likeness (QED) is 0.845. The molecule has 6 heteroatoms. The minimum absolute atomic E-state index is 0.172. The summed E-state index contributed by atoms with van der Waals surface area (Å²) in [6.07, 6.45) is 9.94. The Kier molecular flexibility index (Phi) is 4.11. The molecule has 1 saturated carbocycles. The van der Waals surface area contributed by atoms with E-state index in [1.165, 1.54) is 25.7 Å². The van der Waals surface area contributed by atoms with Crippen LogP contribution < -0.4 is 5.32 Å². The zero-order valence-electron chi connectivity index (χ0n) is 11.9. The summed E-state index contributed by atoms with van der Waals surface area (Å²) in [5.74, 6) is 0. The predicted octanol–water partition coefficient (Wildman–Crippen LogP) is 2.01. The molecule has 20 heavy (non-hydrogen) atoms. The van der Waals surface area contributed by atoms with Gasteiger partial charge in [-0.25, -0.2) is 0 Å². The molecule has 0 saturated heterocycles. The van der Waals surface area contributed by atoms with Gasteiger partial charge in [-0.15, -0.1) is 0 Å². The molecule has 0 aliphatic heterocycles. The SMILES string of the molecule is CCNC(Cc1ccn(C2CCCC2)n1)c1cn[nH]n1. The molecular formula is C14H22N6. The Morgan fingerprint density at radius 3 is 3.00 bits per heavy atom. The number of nitrogens with zero attached hydrogens (tertiary/aromatic N) is 4. The smallest absolute Gasteiger partial charge is 0.0997 e. The highest BCUT2D eigenvalue weighted by Gasteiger charge is 2.19. The molecule has 3 rings (SSSR count). The second-order valence-corrected chi connectivity index (χ2v) is 5.43. The summed E-state index contributed by atoms with van der Waals surface area (Å²) in [4.78, 5) is 0. The number of rotatable bonds is 6. The monoisotopic (exact) mass is 274 g/mol. The average molecular weight is 274 g/mol. The van der Waals surface area contributed by atoms with E-state index >= 15 is 0 Å². The fraction of sp³-hybridized carbons (Fsp3) is 0.643. The highest BCUT2D eigenvalue weighted by molar-refractivity contribution is 5.09. The van der Waals surface area contributed by atoms with E-state index in [1.54, 1.807) is 6.20 Å². The van der Waals surface area contributed by atoms with Crippen molar-refractivity contribution in [1.82, 2.24) is 30.5 Å². The number of likely N-dealkylation sites (N-methyl/N-ethyl adjacent to an activating group) is 1. The molecule has 1 atom stereocenters. The van der Waals surface area contributed by atoms with Crippen LogP contribution in [0.2, 0.25) is 0 Å². The normalized spacial score (nSPS) is 17.6. The Hall–Kier alpha value is -1.69. The highest BCUT2D eigenvalue weighted by atomic mass is 15.3. The summed E-state index contributed by atoms with van der Waals surface area (Å²) >= 11 is 0. The van der Waals surface area contributed by atoms with Gasteiger partial charge in [0.1, 0.15) is 0 Å². The van der Waals surface area contributed by atoms with Crippen molar-refractivity contribution in [3.63, 3.8) is 0 Å². The molecule has 6 nitrogen and oxygen atoms in total. The lowest BCUT2D eigenvalue weighted by Gasteiger charge is -2.14. The maximum absolute atomic E-state index is 4.74. The van der Waals surface area contributed by atoms with Gasteiger partial charge in [0.15, 0.2) is 0 Å². The van der Waals surface area contributed by atoms with Crippen LogP contribution in [-0.2, 0) is 6.42 Å². The lowest BCUT2D eigenvalue weighted by atomic mass is 10.1. The predicted molar refractivity (Wildman–Crippen MR) is 76.2 cm³/mol. The lowest BCUT2D eigenvalue weighted by molar-refractivity contribution is 0.456. The van der Waals surface area contributed by atoms with Crippen molar-refractivity contribution in [3.05, 3.63) is 29.8 Å². The summed E-state index contributed by atoms with van der Waals surface area (Å²) in [5, 5.41) is 18.9. The van der Waals surface area contributed by atoms with Crippen LogP contribution in [0.5, 0.6) is 0 Å². The zero-order valence-corrected chi connectivity index (χ0v) is 11.9. The summed E-state index contributed by atoms with van der Waals surface area (Å²) in [6, 6.07) is 2.90. The van der Waals surface area contributed by atoms with Crippen molar-refractivity contribution >= 4 is 0 Å². The van der Waals surface area contributed by atoms with E-state index in [9.17, 15) is 0 Å². The fourth-order valence-electron chi connectivity index (χ4n) is 2.97. The third-order valence-electron chi connectivity index (χ3n) is 4.02. The first-order valence-electron chi connectivity index (χ1n) is 7.50. The number of aromatic nitrogens is 5. The van der Waals surface area contributed by atoms with Crippen LogP contribution >= 0.6 is 0 Å². The number of aromatic amines is 1. The van der Waals surface area contributed by atoms with Crippen molar-refractivity contribution in [2.45, 2.75) is 51.1 Å². The van der Waals surface area contributed by atoms with Crippen LogP contribution in [0.4, 0.5) is 0 Å². The van der Waals surface area contributed by atoms with E-state index < -0.39 is 0 Å². The van der Waals surface area contributed by atoms with Crippen LogP contribution in [-0.4, -0.2) is 31.7 Å². The molecule has 1 aliphatic carbocycles. The van der Waals surface area contributed by atoms with Gasteiger partial charge in [-0.05, 0) is 25.5 Å². The summed E-state index contributed by atoms with van der Waals surface area (Å²) in [6.45, 7) is 3.01. The van der Waals surface area contributed by atoms with Gasteiger partial charge in [-0.2, -0.15) is 20.5 Å². The summed E-state index contributed by atoms with van der Waals surface area (Å²) in [7, 11) is 0. The highest BCUT2D eigenvalue weighted by Crippen LogP contribution is 2.29. The second-order valence-electron chi connectivity index (χ2n) is 5.43. The van der Waals surface area contributed by atoms with Crippen LogP contribution in [0.25, 0.3) is 0 Å². The fourth-order valence-corrected chi connectivity index (χ4v) is 2.97. The molecule has 0 amide bonds. The molecule has 0 bridgehead atoms. The Balaban J connectivity index is 1.69. The number of hydrogen-bond donors (Lipinski definition) is 2. The molecular weight excluding hydrogens is 252 g/mol. The van der Waals surface area contributed by atoms with E-state index in [0.717, 1.165) is 24.4 Å². The van der Waals surface area contributed by atoms with Gasteiger partial charge < -0.3 is 5.32 Å². The minimum Gasteiger partial charge on any atom is -0.308 e. The van der Waals surface area contributed by atoms with E-state index in [0.29, 0.717) is 6.04 Å². The Labute approximate surface area is 119 Å². The third kappa shape index (κ3) is 2.90. The second kappa shape index (κ2) is 6.17. The van der Waals surface area contributed by atoms with Crippen LogP contribution in [0, 0.1) is 0 Å². The Morgan fingerprint density at radius 1 is 1.45 bits per heavy atom. The van der Waals surface area contributed by atoms with E-state index in [1.807, 2.05) is 0 Å². The molecule has 1 aliphatic rings. The van der Waals surface area contributed by atoms with Gasteiger partial charge in [0.05, 0.1) is 29.7 Å². The summed E-state index contributed by atoms with van der Waals surface area (Å²) in [5.41, 5.74) is 2.06. The summed E-state index contributed by atoms with van der Waals surface area (Å²) < 4.78 is 2.15. The van der Waals surface area contributed by atoms with Crippen molar-refractivity contribution in [2.24, 2.45) is 0 Å². The van der Waals surface area contributed by atoms with Gasteiger partial charge in [-0.1, -0.05) is 19.8 Å². The topological polar surface area (TPSA) is 71.4 Å². The molecule has 2 aromatic heterocycles. The van der Waals surface area contributed by atoms with E-state index in [2.05, 4.69) is 44.6 Å². The maximum atomic E-state index is 4.74. The zero-order chi connectivity index (χ0) is 13.8. The molecule has 1 fully saturated rings. The largest absolute Gasteiger partial charge is 0.308 e. The lowest BCUT2D eigenvalue weighted by Crippen LogP contribution is -2.23. The standard InChI is InChI=1S/C14H22N6/c1-2-15-13(14-10-16-19-17-14)9-11-7-8-20(18-11)12-5-3-4-6-12/h7-8,10,12-13,15H,2-6,9H2,1H3,(H,16,17,19). The van der Waals surface area contributed by atoms with Gasteiger partial charge >= 0.3 is 0 Å². The Morgan fingerprint density at radius 2 is 2.30 bits per heavy atom. The van der Waals surface area contributed by atoms with Crippen LogP contribution in [0.15, 0.2) is 18.5 Å². The van der Waals surface area contributed by atoms with Crippen LogP contribution in [0.3, 0.4) is 0 Å². The Bertz CT molecular complexity index is 512. The van der Waals surface area contributed by atoms with Gasteiger partial charge in [-0.3, -0.25) is 4.68 Å². The van der Waals surface area contributed by atoms with Crippen molar-refractivity contribution in [3.8, 4) is 0 Å². The first-order chi connectivity index (χ1) is 9.86. The number of hydrogen-bond acceptors (Lipinski definition) is 4. The minimum atomic E-state index is 0.172. The van der Waals surface area contributed by atoms with E-state index in [-0.39, 0.29) is 6.04 Å². The van der Waals surface area contributed by atoms with Gasteiger partial charge in [0.25, 0.3) is 0 Å². The van der Waals surface area contributed by atoms with E-state index in [4.69, 9.17) is 5.10 Å². The molecule has 0 spiro atoms. The first-order valence-corrected chi connectivity index (χ1v) is 7.50. The third-order valence-corrected chi connectivity index (χ3v) is 4.02. The molecule has 2 N–H and O–H groups in total. The molecule has 1 unspecified atom stereocenters. The first kappa shape index (κ1) is 13.3. The van der Waals surface area contributed by atoms with Crippen molar-refractivity contribution < 1.29 is 0 Å². The van der Waals surface area contributed by atoms with Crippen LogP contribution in [0.1, 0.15) is 56.1 Å². The number of nitrogens with one attached hydrogen (secondary N) is 2. The maximum Gasteiger partial charge on any atom is 0.0997 e. The van der Waals surface area contributed by atoms with Gasteiger partial charge in [0, 0.05) is 12.6 Å². The molecule has 0 aromatic carbocycles. The molecule has 108 valence electrons. The number of H-pyrrole nitrogens is 1. The molecule has 0 radical (unpaired) electrons. The van der Waals surface area contributed by atoms with Crippen molar-refractivity contribution in [2.75, 3.05) is 6.54 Å². The molecule has 2 heterocycles. The average Bonchev–Trinajstić information content (AvgIpc) is 3.20. The van der Waals surface area contributed by atoms with Crippen molar-refractivity contribution in [1.29, 1.82) is 0 Å². The molecule has 2 aromatic rings. The van der Waals surface area contributed by atoms with Gasteiger partial charge in [0.2, 0.25) is 0 Å².